The first-order chi connectivity index (χ1) is 9.29. The fraction of sp³-hybridized carbons (Fsp3) is 0.188. The molecule has 0 saturated heterocycles. The molecule has 0 radical (unpaired) electrons. The molecule has 0 aromatic heterocycles. The van der Waals surface area contributed by atoms with Crippen LogP contribution in [0.15, 0.2) is 54.6 Å². The topological polar surface area (TPSA) is 41.1 Å². The van der Waals surface area contributed by atoms with Crippen molar-refractivity contribution >= 4 is 17.3 Å². The zero-order chi connectivity index (χ0) is 14.1. The van der Waals surface area contributed by atoms with E-state index in [2.05, 4.69) is 10.6 Å². The van der Waals surface area contributed by atoms with Crippen LogP contribution in [-0.2, 0) is 0 Å². The molecule has 0 fully saturated rings. The fourth-order valence-corrected chi connectivity index (χ4v) is 1.51. The van der Waals surface area contributed by atoms with Crippen LogP contribution in [0, 0.1) is 0 Å². The van der Waals surface area contributed by atoms with Gasteiger partial charge in [-0.05, 0) is 36.4 Å². The lowest BCUT2D eigenvalue weighted by molar-refractivity contribution is 0.102. The van der Waals surface area contributed by atoms with Gasteiger partial charge in [-0.3, -0.25) is 4.79 Å². The van der Waals surface area contributed by atoms with Crippen molar-refractivity contribution in [3.8, 4) is 0 Å². The van der Waals surface area contributed by atoms with E-state index in [0.29, 0.717) is 5.56 Å². The van der Waals surface area contributed by atoms with Crippen LogP contribution in [0.2, 0.25) is 0 Å². The van der Waals surface area contributed by atoms with Crippen molar-refractivity contribution in [2.75, 3.05) is 17.7 Å². The maximum absolute atomic E-state index is 11.8. The molecule has 0 unspecified atom stereocenters. The molecular formula is C16H20N2O. The van der Waals surface area contributed by atoms with Gasteiger partial charge in [-0.25, -0.2) is 0 Å². The molecule has 19 heavy (non-hydrogen) atoms. The molecule has 0 saturated carbocycles. The van der Waals surface area contributed by atoms with E-state index in [-0.39, 0.29) is 5.91 Å². The Kier molecular flexibility index (Phi) is 6.16. The molecular weight excluding hydrogens is 236 g/mol. The summed E-state index contributed by atoms with van der Waals surface area (Å²) in [6.07, 6.45) is 0. The van der Waals surface area contributed by atoms with Crippen LogP contribution in [0.4, 0.5) is 11.4 Å². The quantitative estimate of drug-likeness (QED) is 0.871. The molecule has 2 aromatic carbocycles. The molecule has 1 amide bonds. The number of nitrogens with one attached hydrogen (secondary N) is 2. The van der Waals surface area contributed by atoms with E-state index in [1.165, 1.54) is 0 Å². The van der Waals surface area contributed by atoms with Crippen molar-refractivity contribution in [2.45, 2.75) is 13.8 Å². The summed E-state index contributed by atoms with van der Waals surface area (Å²) >= 11 is 0. The number of rotatable bonds is 3. The standard InChI is InChI=1S/C14H14N2O.C2H6/c1-15-12-7-9-13(10-8-12)16-14(17)11-5-3-2-4-6-11;1-2/h2-10,15H,1H3,(H,16,17);1-2H3. The van der Waals surface area contributed by atoms with Gasteiger partial charge >= 0.3 is 0 Å². The second kappa shape index (κ2) is 7.93. The summed E-state index contributed by atoms with van der Waals surface area (Å²) in [4.78, 5) is 11.8. The Bertz CT molecular complexity index is 492. The second-order valence-electron chi connectivity index (χ2n) is 3.65. The highest BCUT2D eigenvalue weighted by atomic mass is 16.1. The normalized spacial score (nSPS) is 9.00. The molecule has 0 aliphatic rings. The monoisotopic (exact) mass is 256 g/mol. The molecule has 0 aliphatic heterocycles. The Morgan fingerprint density at radius 2 is 1.37 bits per heavy atom. The molecule has 2 aromatic rings. The third kappa shape index (κ3) is 4.47. The average Bonchev–Trinajstić information content (AvgIpc) is 2.51. The van der Waals surface area contributed by atoms with Crippen molar-refractivity contribution in [1.82, 2.24) is 0 Å². The summed E-state index contributed by atoms with van der Waals surface area (Å²) in [5.74, 6) is -0.0946. The maximum atomic E-state index is 11.8. The van der Waals surface area contributed by atoms with Crippen molar-refractivity contribution in [1.29, 1.82) is 0 Å². The van der Waals surface area contributed by atoms with Crippen LogP contribution >= 0.6 is 0 Å². The summed E-state index contributed by atoms with van der Waals surface area (Å²) in [7, 11) is 1.86. The number of hydrogen-bond donors (Lipinski definition) is 2. The molecule has 0 heterocycles. The van der Waals surface area contributed by atoms with Crippen molar-refractivity contribution in [3.63, 3.8) is 0 Å². The van der Waals surface area contributed by atoms with Crippen LogP contribution < -0.4 is 10.6 Å². The van der Waals surface area contributed by atoms with E-state index in [1.807, 2.05) is 63.4 Å². The van der Waals surface area contributed by atoms with E-state index in [1.54, 1.807) is 12.1 Å². The van der Waals surface area contributed by atoms with Gasteiger partial charge in [0.05, 0.1) is 0 Å². The average molecular weight is 256 g/mol. The number of anilines is 2. The van der Waals surface area contributed by atoms with Crippen LogP contribution in [-0.4, -0.2) is 13.0 Å². The van der Waals surface area contributed by atoms with E-state index >= 15 is 0 Å². The molecule has 3 heteroatoms. The first-order valence-electron chi connectivity index (χ1n) is 6.44. The summed E-state index contributed by atoms with van der Waals surface area (Å²) in [6, 6.07) is 16.7. The van der Waals surface area contributed by atoms with Gasteiger partial charge in [-0.2, -0.15) is 0 Å². The first-order valence-corrected chi connectivity index (χ1v) is 6.44. The third-order valence-corrected chi connectivity index (χ3v) is 2.47. The molecule has 2 N–H and O–H groups in total. The SMILES string of the molecule is CC.CNc1ccc(NC(=O)c2ccccc2)cc1. The largest absolute Gasteiger partial charge is 0.388 e. The zero-order valence-electron chi connectivity index (χ0n) is 11.6. The van der Waals surface area contributed by atoms with E-state index in [9.17, 15) is 4.79 Å². The predicted octanol–water partition coefficient (Wildman–Crippen LogP) is 4.01. The molecule has 0 bridgehead atoms. The van der Waals surface area contributed by atoms with Gasteiger partial charge in [0.2, 0.25) is 0 Å². The summed E-state index contributed by atoms with van der Waals surface area (Å²) in [5.41, 5.74) is 2.46. The van der Waals surface area contributed by atoms with Crippen LogP contribution in [0.25, 0.3) is 0 Å². The fourth-order valence-electron chi connectivity index (χ4n) is 1.51. The molecule has 3 nitrogen and oxygen atoms in total. The van der Waals surface area contributed by atoms with Gasteiger partial charge in [0.1, 0.15) is 0 Å². The maximum Gasteiger partial charge on any atom is 0.255 e. The third-order valence-electron chi connectivity index (χ3n) is 2.47. The van der Waals surface area contributed by atoms with Gasteiger partial charge in [0.25, 0.3) is 5.91 Å². The molecule has 0 atom stereocenters. The van der Waals surface area contributed by atoms with E-state index in [0.717, 1.165) is 11.4 Å². The van der Waals surface area contributed by atoms with Crippen LogP contribution in [0.5, 0.6) is 0 Å². The van der Waals surface area contributed by atoms with Gasteiger partial charge in [-0.15, -0.1) is 0 Å². The van der Waals surface area contributed by atoms with Crippen LogP contribution in [0.1, 0.15) is 24.2 Å². The predicted molar refractivity (Wildman–Crippen MR) is 81.7 cm³/mol. The minimum atomic E-state index is -0.0946. The zero-order valence-corrected chi connectivity index (χ0v) is 11.6. The molecule has 0 aliphatic carbocycles. The minimum Gasteiger partial charge on any atom is -0.388 e. The summed E-state index contributed by atoms with van der Waals surface area (Å²) in [5, 5.41) is 5.87. The lowest BCUT2D eigenvalue weighted by Gasteiger charge is -2.06. The second-order valence-corrected chi connectivity index (χ2v) is 3.65. The van der Waals surface area contributed by atoms with Crippen molar-refractivity contribution in [2.24, 2.45) is 0 Å². The van der Waals surface area contributed by atoms with Gasteiger partial charge < -0.3 is 10.6 Å². The van der Waals surface area contributed by atoms with Gasteiger partial charge in [0, 0.05) is 24.0 Å². The number of amides is 1. The number of carbonyl (C=O) groups excluding carboxylic acids is 1. The highest BCUT2D eigenvalue weighted by Crippen LogP contribution is 2.13. The summed E-state index contributed by atoms with van der Waals surface area (Å²) < 4.78 is 0. The number of carbonyl (C=O) groups is 1. The Labute approximate surface area is 114 Å². The Hall–Kier alpha value is -2.29. The van der Waals surface area contributed by atoms with Crippen LogP contribution in [0.3, 0.4) is 0 Å². The molecule has 100 valence electrons. The van der Waals surface area contributed by atoms with Gasteiger partial charge in [0.15, 0.2) is 0 Å². The Morgan fingerprint density at radius 1 is 0.842 bits per heavy atom. The number of hydrogen-bond acceptors (Lipinski definition) is 2. The Morgan fingerprint density at radius 3 is 1.89 bits per heavy atom. The van der Waals surface area contributed by atoms with E-state index < -0.39 is 0 Å². The lowest BCUT2D eigenvalue weighted by atomic mass is 10.2. The van der Waals surface area contributed by atoms with E-state index in [4.69, 9.17) is 0 Å². The minimum absolute atomic E-state index is 0.0946. The summed E-state index contributed by atoms with van der Waals surface area (Å²) in [6.45, 7) is 4.00. The Balaban J connectivity index is 0.000000861. The smallest absolute Gasteiger partial charge is 0.255 e. The first kappa shape index (κ1) is 14.8. The van der Waals surface area contributed by atoms with Gasteiger partial charge in [-0.1, -0.05) is 32.0 Å². The molecule has 0 spiro atoms. The number of benzene rings is 2. The highest BCUT2D eigenvalue weighted by molar-refractivity contribution is 6.04. The van der Waals surface area contributed by atoms with Crippen molar-refractivity contribution in [3.05, 3.63) is 60.2 Å². The highest BCUT2D eigenvalue weighted by Gasteiger charge is 2.04. The lowest BCUT2D eigenvalue weighted by Crippen LogP contribution is -2.11. The molecule has 2 rings (SSSR count). The van der Waals surface area contributed by atoms with Crippen molar-refractivity contribution < 1.29 is 4.79 Å².